The lowest BCUT2D eigenvalue weighted by molar-refractivity contribution is -0.384. The van der Waals surface area contributed by atoms with Gasteiger partial charge in [0.05, 0.1) is 11.5 Å². The van der Waals surface area contributed by atoms with Gasteiger partial charge in [0.2, 0.25) is 0 Å². The van der Waals surface area contributed by atoms with Gasteiger partial charge in [0.15, 0.2) is 0 Å². The van der Waals surface area contributed by atoms with Gasteiger partial charge in [0, 0.05) is 29.5 Å². The Hall–Kier alpha value is -2.69. The second kappa shape index (κ2) is 7.47. The standard InChI is InChI=1S/C20H23NO4/c1-5-25-18(22)10-11-20(4)13-14(2)12-15(3)19(20)16-6-8-17(9-7-16)21(23)24/h6-13,19H,5H2,1-4H3/b11-10+/t19-,20+/m0/s1. The number of hydrogen-bond donors (Lipinski definition) is 0. The van der Waals surface area contributed by atoms with Gasteiger partial charge in [-0.25, -0.2) is 4.79 Å². The third kappa shape index (κ3) is 4.24. The second-order valence-corrected chi connectivity index (χ2v) is 6.51. The van der Waals surface area contributed by atoms with Crippen molar-refractivity contribution in [1.82, 2.24) is 0 Å². The van der Waals surface area contributed by atoms with Crippen molar-refractivity contribution in [3.63, 3.8) is 0 Å². The van der Waals surface area contributed by atoms with Gasteiger partial charge in [-0.15, -0.1) is 0 Å². The highest BCUT2D eigenvalue weighted by molar-refractivity contribution is 5.82. The molecule has 0 fully saturated rings. The van der Waals surface area contributed by atoms with Crippen LogP contribution in [0, 0.1) is 15.5 Å². The number of rotatable bonds is 5. The first-order chi connectivity index (χ1) is 11.8. The summed E-state index contributed by atoms with van der Waals surface area (Å²) in [6.45, 7) is 8.21. The van der Waals surface area contributed by atoms with Gasteiger partial charge >= 0.3 is 5.97 Å². The third-order valence-electron chi connectivity index (χ3n) is 4.37. The smallest absolute Gasteiger partial charge is 0.330 e. The van der Waals surface area contributed by atoms with Gasteiger partial charge in [-0.2, -0.15) is 0 Å². The lowest BCUT2D eigenvalue weighted by atomic mass is 9.66. The predicted octanol–water partition coefficient (Wildman–Crippen LogP) is 4.71. The van der Waals surface area contributed by atoms with E-state index >= 15 is 0 Å². The number of esters is 1. The fraction of sp³-hybridized carbons (Fsp3) is 0.350. The fourth-order valence-electron chi connectivity index (χ4n) is 3.54. The molecule has 1 aliphatic carbocycles. The van der Waals surface area contributed by atoms with Crippen LogP contribution < -0.4 is 0 Å². The molecule has 0 N–H and O–H groups in total. The predicted molar refractivity (Wildman–Crippen MR) is 97.2 cm³/mol. The zero-order valence-electron chi connectivity index (χ0n) is 15.0. The van der Waals surface area contributed by atoms with Crippen molar-refractivity contribution in [3.8, 4) is 0 Å². The number of hydrogen-bond acceptors (Lipinski definition) is 4. The summed E-state index contributed by atoms with van der Waals surface area (Å²) in [6, 6.07) is 6.60. The zero-order valence-corrected chi connectivity index (χ0v) is 15.0. The zero-order chi connectivity index (χ0) is 18.6. The Morgan fingerprint density at radius 2 is 1.96 bits per heavy atom. The first-order valence-corrected chi connectivity index (χ1v) is 8.25. The highest BCUT2D eigenvalue weighted by atomic mass is 16.6. The summed E-state index contributed by atoms with van der Waals surface area (Å²) in [5.74, 6) is -0.382. The van der Waals surface area contributed by atoms with Crippen LogP contribution in [0.5, 0.6) is 0 Å². The van der Waals surface area contributed by atoms with E-state index in [-0.39, 0.29) is 17.6 Å². The second-order valence-electron chi connectivity index (χ2n) is 6.51. The van der Waals surface area contributed by atoms with E-state index in [0.717, 1.165) is 16.7 Å². The minimum atomic E-state index is -0.425. The van der Waals surface area contributed by atoms with E-state index in [0.29, 0.717) is 6.61 Å². The van der Waals surface area contributed by atoms with Crippen LogP contribution in [0.3, 0.4) is 0 Å². The number of carbonyl (C=O) groups is 1. The van der Waals surface area contributed by atoms with Crippen molar-refractivity contribution >= 4 is 11.7 Å². The minimum Gasteiger partial charge on any atom is -0.463 e. The molecule has 0 unspecified atom stereocenters. The molecule has 1 aromatic carbocycles. The molecule has 0 aliphatic heterocycles. The molecule has 2 atom stereocenters. The van der Waals surface area contributed by atoms with E-state index < -0.39 is 10.3 Å². The van der Waals surface area contributed by atoms with Crippen molar-refractivity contribution in [1.29, 1.82) is 0 Å². The van der Waals surface area contributed by atoms with Crippen LogP contribution in [0.2, 0.25) is 0 Å². The minimum absolute atomic E-state index is 0.0114. The molecule has 132 valence electrons. The number of nitro groups is 1. The first kappa shape index (κ1) is 18.6. The lowest BCUT2D eigenvalue weighted by Crippen LogP contribution is -2.26. The van der Waals surface area contributed by atoms with Crippen LogP contribution in [0.25, 0.3) is 0 Å². The van der Waals surface area contributed by atoms with Crippen molar-refractivity contribution in [3.05, 3.63) is 75.4 Å². The van der Waals surface area contributed by atoms with Crippen LogP contribution in [0.4, 0.5) is 5.69 Å². The number of non-ortho nitro benzene ring substituents is 1. The number of benzene rings is 1. The summed E-state index contributed by atoms with van der Waals surface area (Å²) in [5.41, 5.74) is 2.87. The van der Waals surface area contributed by atoms with Gasteiger partial charge in [0.1, 0.15) is 0 Å². The largest absolute Gasteiger partial charge is 0.463 e. The molecule has 0 bridgehead atoms. The van der Waals surface area contributed by atoms with Crippen LogP contribution in [0.1, 0.15) is 39.2 Å². The topological polar surface area (TPSA) is 69.4 Å². The number of nitrogens with zero attached hydrogens (tertiary/aromatic N) is 1. The monoisotopic (exact) mass is 341 g/mol. The van der Waals surface area contributed by atoms with Crippen molar-refractivity contribution in [2.75, 3.05) is 6.61 Å². The van der Waals surface area contributed by atoms with Gasteiger partial charge in [-0.3, -0.25) is 10.1 Å². The molecule has 1 aromatic rings. The Bertz CT molecular complexity index is 758. The Morgan fingerprint density at radius 3 is 2.52 bits per heavy atom. The SMILES string of the molecule is CCOC(=O)/C=C/[C@]1(C)C=C(C)C=C(C)[C@H]1c1ccc([N+](=O)[O-])cc1. The molecule has 0 heterocycles. The number of ether oxygens (including phenoxy) is 1. The number of carbonyl (C=O) groups excluding carboxylic acids is 1. The molecule has 5 heteroatoms. The summed E-state index contributed by atoms with van der Waals surface area (Å²) in [7, 11) is 0. The van der Waals surface area contributed by atoms with Crippen molar-refractivity contribution < 1.29 is 14.5 Å². The average molecular weight is 341 g/mol. The molecule has 0 aromatic heterocycles. The molecule has 0 amide bonds. The van der Waals surface area contributed by atoms with Crippen molar-refractivity contribution in [2.24, 2.45) is 5.41 Å². The van der Waals surface area contributed by atoms with E-state index in [1.54, 1.807) is 19.1 Å². The molecular formula is C20H23NO4. The Morgan fingerprint density at radius 1 is 1.32 bits per heavy atom. The van der Waals surface area contributed by atoms with Crippen LogP contribution in [-0.4, -0.2) is 17.5 Å². The molecule has 2 rings (SSSR count). The average Bonchev–Trinajstić information content (AvgIpc) is 2.53. The Balaban J connectivity index is 2.42. The number of allylic oxidation sites excluding steroid dienone is 5. The molecule has 0 saturated heterocycles. The summed E-state index contributed by atoms with van der Waals surface area (Å²) in [4.78, 5) is 22.2. The lowest BCUT2D eigenvalue weighted by Gasteiger charge is -2.37. The molecule has 0 radical (unpaired) electrons. The van der Waals surface area contributed by atoms with Gasteiger partial charge in [0.25, 0.3) is 5.69 Å². The Kier molecular flexibility index (Phi) is 5.57. The molecule has 1 aliphatic rings. The summed E-state index contributed by atoms with van der Waals surface area (Å²) >= 11 is 0. The first-order valence-electron chi connectivity index (χ1n) is 8.25. The van der Waals surface area contributed by atoms with Gasteiger partial charge in [-0.05, 0) is 26.3 Å². The van der Waals surface area contributed by atoms with Crippen molar-refractivity contribution in [2.45, 2.75) is 33.6 Å². The summed E-state index contributed by atoms with van der Waals surface area (Å²) in [6.07, 6.45) is 7.54. The maximum atomic E-state index is 11.7. The van der Waals surface area contributed by atoms with Crippen LogP contribution in [-0.2, 0) is 9.53 Å². The number of nitro benzene ring substituents is 1. The van der Waals surface area contributed by atoms with Crippen LogP contribution >= 0.6 is 0 Å². The maximum absolute atomic E-state index is 11.7. The van der Waals surface area contributed by atoms with Gasteiger partial charge in [-0.1, -0.05) is 48.4 Å². The van der Waals surface area contributed by atoms with Gasteiger partial charge < -0.3 is 4.74 Å². The normalized spacial score (nSPS) is 23.1. The summed E-state index contributed by atoms with van der Waals surface area (Å²) in [5, 5.41) is 10.9. The Labute approximate surface area is 147 Å². The molecule has 0 saturated carbocycles. The van der Waals surface area contributed by atoms with Crippen LogP contribution in [0.15, 0.2) is 59.7 Å². The van der Waals surface area contributed by atoms with E-state index in [1.165, 1.54) is 18.2 Å². The molecule has 5 nitrogen and oxygen atoms in total. The summed E-state index contributed by atoms with van der Waals surface area (Å²) < 4.78 is 4.98. The molecular weight excluding hydrogens is 318 g/mol. The molecule has 0 spiro atoms. The quantitative estimate of drug-likeness (QED) is 0.336. The third-order valence-corrected chi connectivity index (χ3v) is 4.37. The molecule has 25 heavy (non-hydrogen) atoms. The van der Waals surface area contributed by atoms with E-state index in [4.69, 9.17) is 4.74 Å². The highest BCUT2D eigenvalue weighted by Crippen LogP contribution is 2.47. The van der Waals surface area contributed by atoms with E-state index in [1.807, 2.05) is 19.9 Å². The highest BCUT2D eigenvalue weighted by Gasteiger charge is 2.35. The fourth-order valence-corrected chi connectivity index (χ4v) is 3.54. The van der Waals surface area contributed by atoms with E-state index in [2.05, 4.69) is 19.1 Å². The van der Waals surface area contributed by atoms with E-state index in [9.17, 15) is 14.9 Å². The maximum Gasteiger partial charge on any atom is 0.330 e.